The lowest BCUT2D eigenvalue weighted by molar-refractivity contribution is -0.134. The van der Waals surface area contributed by atoms with Gasteiger partial charge in [0.25, 0.3) is 0 Å². The minimum Gasteiger partial charge on any atom is -0.269 e. The average molecular weight is 301 g/mol. The van der Waals surface area contributed by atoms with Crippen molar-refractivity contribution in [3.63, 3.8) is 0 Å². The normalized spacial score (nSPS) is 15.5. The van der Waals surface area contributed by atoms with Crippen molar-refractivity contribution in [2.45, 2.75) is 6.92 Å². The number of benzene rings is 1. The van der Waals surface area contributed by atoms with Gasteiger partial charge in [-0.1, -0.05) is 0 Å². The molecular formula is C10H6BrFN2O3. The molecule has 1 saturated heterocycles. The number of hydrogen-bond donors (Lipinski definition) is 1. The van der Waals surface area contributed by atoms with Gasteiger partial charge in [0.1, 0.15) is 5.82 Å². The van der Waals surface area contributed by atoms with Crippen LogP contribution in [0.3, 0.4) is 0 Å². The van der Waals surface area contributed by atoms with E-state index in [1.165, 1.54) is 19.1 Å². The zero-order chi connectivity index (χ0) is 12.7. The SMILES string of the molecule is Cc1cc(F)c(Br)cc1N1C(=O)NC(=O)C1=O. The van der Waals surface area contributed by atoms with Crippen molar-refractivity contribution in [1.29, 1.82) is 0 Å². The number of urea groups is 1. The van der Waals surface area contributed by atoms with Gasteiger partial charge in [-0.2, -0.15) is 0 Å². The van der Waals surface area contributed by atoms with Crippen molar-refractivity contribution in [3.8, 4) is 0 Å². The quantitative estimate of drug-likeness (QED) is 0.631. The summed E-state index contributed by atoms with van der Waals surface area (Å²) in [6, 6.07) is 1.62. The number of aryl methyl sites for hydroxylation is 1. The van der Waals surface area contributed by atoms with Gasteiger partial charge in [0.15, 0.2) is 0 Å². The summed E-state index contributed by atoms with van der Waals surface area (Å²) in [5.41, 5.74) is 0.551. The molecule has 0 aromatic heterocycles. The molecule has 88 valence electrons. The molecule has 4 amide bonds. The third-order valence-electron chi connectivity index (χ3n) is 2.30. The minimum absolute atomic E-state index is 0.109. The Morgan fingerprint density at radius 1 is 1.29 bits per heavy atom. The predicted molar refractivity (Wildman–Crippen MR) is 59.9 cm³/mol. The van der Waals surface area contributed by atoms with Crippen LogP contribution < -0.4 is 10.2 Å². The topological polar surface area (TPSA) is 66.5 Å². The first-order chi connectivity index (χ1) is 7.91. The smallest absolute Gasteiger partial charge is 0.269 e. The second-order valence-electron chi connectivity index (χ2n) is 3.45. The van der Waals surface area contributed by atoms with E-state index in [1.54, 1.807) is 0 Å². The predicted octanol–water partition coefficient (Wildman–Crippen LogP) is 1.48. The molecule has 1 aromatic carbocycles. The van der Waals surface area contributed by atoms with E-state index < -0.39 is 23.7 Å². The standard InChI is InChI=1S/C10H6BrFN2O3/c1-4-2-6(12)5(11)3-7(4)14-9(16)8(15)13-10(14)17/h2-3H,1H3,(H,13,15,17). The number of rotatable bonds is 1. The summed E-state index contributed by atoms with van der Waals surface area (Å²) in [6.45, 7) is 1.54. The molecular weight excluding hydrogens is 295 g/mol. The van der Waals surface area contributed by atoms with Crippen LogP contribution in [0, 0.1) is 12.7 Å². The molecule has 1 heterocycles. The number of halogens is 2. The molecule has 1 aliphatic heterocycles. The number of anilines is 1. The van der Waals surface area contributed by atoms with E-state index in [1.807, 2.05) is 5.32 Å². The first-order valence-corrected chi connectivity index (χ1v) is 5.36. The Labute approximate surface area is 104 Å². The summed E-state index contributed by atoms with van der Waals surface area (Å²) in [7, 11) is 0. The fourth-order valence-electron chi connectivity index (χ4n) is 1.50. The highest BCUT2D eigenvalue weighted by Crippen LogP contribution is 2.28. The van der Waals surface area contributed by atoms with Gasteiger partial charge in [0, 0.05) is 0 Å². The highest BCUT2D eigenvalue weighted by Gasteiger charge is 2.38. The van der Waals surface area contributed by atoms with Crippen LogP contribution in [0.5, 0.6) is 0 Å². The number of nitrogens with one attached hydrogen (secondary N) is 1. The van der Waals surface area contributed by atoms with Crippen molar-refractivity contribution < 1.29 is 18.8 Å². The van der Waals surface area contributed by atoms with Gasteiger partial charge in [-0.3, -0.25) is 14.9 Å². The Balaban J connectivity index is 2.55. The van der Waals surface area contributed by atoms with E-state index in [4.69, 9.17) is 0 Å². The molecule has 1 fully saturated rings. The summed E-state index contributed by atoms with van der Waals surface area (Å²) in [5, 5.41) is 1.87. The maximum Gasteiger partial charge on any atom is 0.336 e. The third-order valence-corrected chi connectivity index (χ3v) is 2.91. The lowest BCUT2D eigenvalue weighted by Gasteiger charge is -2.14. The number of amides is 4. The number of hydrogen-bond acceptors (Lipinski definition) is 3. The van der Waals surface area contributed by atoms with E-state index in [0.29, 0.717) is 10.5 Å². The lowest BCUT2D eigenvalue weighted by atomic mass is 10.2. The maximum absolute atomic E-state index is 13.2. The molecule has 7 heteroatoms. The van der Waals surface area contributed by atoms with E-state index >= 15 is 0 Å². The largest absolute Gasteiger partial charge is 0.336 e. The summed E-state index contributed by atoms with van der Waals surface area (Å²) in [4.78, 5) is 34.6. The zero-order valence-corrected chi connectivity index (χ0v) is 10.2. The molecule has 1 aromatic rings. The number of carbonyl (C=O) groups excluding carboxylic acids is 3. The molecule has 1 aliphatic rings. The Morgan fingerprint density at radius 3 is 2.47 bits per heavy atom. The van der Waals surface area contributed by atoms with Crippen molar-refractivity contribution in [1.82, 2.24) is 5.32 Å². The van der Waals surface area contributed by atoms with Gasteiger partial charge in [0.2, 0.25) is 0 Å². The van der Waals surface area contributed by atoms with Gasteiger partial charge in [-0.15, -0.1) is 0 Å². The minimum atomic E-state index is -0.991. The molecule has 0 unspecified atom stereocenters. The second kappa shape index (κ2) is 3.92. The molecule has 5 nitrogen and oxygen atoms in total. The average Bonchev–Trinajstić information content (AvgIpc) is 2.48. The van der Waals surface area contributed by atoms with Crippen LogP contribution in [0.15, 0.2) is 16.6 Å². The van der Waals surface area contributed by atoms with Gasteiger partial charge in [-0.25, -0.2) is 14.1 Å². The molecule has 0 radical (unpaired) electrons. The molecule has 0 spiro atoms. The van der Waals surface area contributed by atoms with Crippen LogP contribution in [0.4, 0.5) is 14.9 Å². The first kappa shape index (κ1) is 11.7. The Bertz CT molecular complexity index is 559. The second-order valence-corrected chi connectivity index (χ2v) is 4.31. The van der Waals surface area contributed by atoms with Crippen molar-refractivity contribution in [3.05, 3.63) is 28.0 Å². The Kier molecular flexibility index (Phi) is 2.70. The summed E-state index contributed by atoms with van der Waals surface area (Å²) in [6.07, 6.45) is 0. The Morgan fingerprint density at radius 2 is 1.94 bits per heavy atom. The van der Waals surface area contributed by atoms with Gasteiger partial charge < -0.3 is 0 Å². The summed E-state index contributed by atoms with van der Waals surface area (Å²) in [5.74, 6) is -2.48. The number of carbonyl (C=O) groups is 3. The van der Waals surface area contributed by atoms with Gasteiger partial charge in [0.05, 0.1) is 10.2 Å². The van der Waals surface area contributed by atoms with Crippen LogP contribution in [0.1, 0.15) is 5.56 Å². The molecule has 1 N–H and O–H groups in total. The highest BCUT2D eigenvalue weighted by atomic mass is 79.9. The van der Waals surface area contributed by atoms with Crippen LogP contribution in [-0.2, 0) is 9.59 Å². The third kappa shape index (κ3) is 1.82. The number of nitrogens with zero attached hydrogens (tertiary/aromatic N) is 1. The Hall–Kier alpha value is -1.76. The number of imide groups is 2. The van der Waals surface area contributed by atoms with Gasteiger partial charge >= 0.3 is 17.8 Å². The first-order valence-electron chi connectivity index (χ1n) is 4.57. The van der Waals surface area contributed by atoms with Crippen LogP contribution >= 0.6 is 15.9 Å². The molecule has 17 heavy (non-hydrogen) atoms. The van der Waals surface area contributed by atoms with Crippen LogP contribution in [-0.4, -0.2) is 17.8 Å². The van der Waals surface area contributed by atoms with Crippen molar-refractivity contribution in [2.24, 2.45) is 0 Å². The fraction of sp³-hybridized carbons (Fsp3) is 0.100. The molecule has 0 bridgehead atoms. The van der Waals surface area contributed by atoms with Crippen LogP contribution in [0.25, 0.3) is 0 Å². The van der Waals surface area contributed by atoms with Crippen LogP contribution in [0.2, 0.25) is 0 Å². The molecule has 0 saturated carbocycles. The zero-order valence-electron chi connectivity index (χ0n) is 8.58. The molecule has 0 atom stereocenters. The van der Waals surface area contributed by atoms with Gasteiger partial charge in [-0.05, 0) is 40.5 Å². The van der Waals surface area contributed by atoms with E-state index in [2.05, 4.69) is 15.9 Å². The fourth-order valence-corrected chi connectivity index (χ4v) is 1.83. The van der Waals surface area contributed by atoms with E-state index in [-0.39, 0.29) is 10.2 Å². The monoisotopic (exact) mass is 300 g/mol. The highest BCUT2D eigenvalue weighted by molar-refractivity contribution is 9.10. The van der Waals surface area contributed by atoms with Crippen molar-refractivity contribution >= 4 is 39.5 Å². The summed E-state index contributed by atoms with van der Waals surface area (Å²) >= 11 is 2.95. The maximum atomic E-state index is 13.2. The van der Waals surface area contributed by atoms with E-state index in [0.717, 1.165) is 0 Å². The summed E-state index contributed by atoms with van der Waals surface area (Å²) < 4.78 is 13.3. The van der Waals surface area contributed by atoms with Crippen molar-refractivity contribution in [2.75, 3.05) is 4.90 Å². The molecule has 2 rings (SSSR count). The van der Waals surface area contributed by atoms with E-state index in [9.17, 15) is 18.8 Å². The lowest BCUT2D eigenvalue weighted by Crippen LogP contribution is -2.31. The molecule has 0 aliphatic carbocycles.